The molecule has 0 aliphatic carbocycles. The van der Waals surface area contributed by atoms with Crippen LogP contribution in [0.15, 0.2) is 75.1 Å². The molecular formula is C20H19BrFN3O. The van der Waals surface area contributed by atoms with Gasteiger partial charge in [0.1, 0.15) is 5.82 Å². The lowest BCUT2D eigenvalue weighted by Gasteiger charge is -2.18. The Labute approximate surface area is 159 Å². The van der Waals surface area contributed by atoms with Gasteiger partial charge in [0.25, 0.3) is 5.56 Å². The van der Waals surface area contributed by atoms with E-state index in [0.717, 1.165) is 11.1 Å². The summed E-state index contributed by atoms with van der Waals surface area (Å²) in [4.78, 5) is 17.5. The summed E-state index contributed by atoms with van der Waals surface area (Å²) in [5, 5.41) is 0. The summed E-state index contributed by atoms with van der Waals surface area (Å²) in [5.41, 5.74) is 2.28. The van der Waals surface area contributed by atoms with Gasteiger partial charge in [0.15, 0.2) is 0 Å². The number of hydrogen-bond donors (Lipinski definition) is 0. The molecule has 1 aromatic heterocycles. The van der Waals surface area contributed by atoms with Gasteiger partial charge >= 0.3 is 0 Å². The zero-order valence-electron chi connectivity index (χ0n) is 14.6. The van der Waals surface area contributed by atoms with E-state index in [4.69, 9.17) is 0 Å². The summed E-state index contributed by atoms with van der Waals surface area (Å²) in [6.45, 7) is 2.37. The van der Waals surface area contributed by atoms with Crippen LogP contribution >= 0.6 is 15.9 Å². The Morgan fingerprint density at radius 1 is 1.12 bits per heavy atom. The molecule has 0 saturated carbocycles. The van der Waals surface area contributed by atoms with Crippen LogP contribution in [0.2, 0.25) is 0 Å². The molecule has 1 unspecified atom stereocenters. The predicted octanol–water partition coefficient (Wildman–Crippen LogP) is 3.80. The van der Waals surface area contributed by atoms with Crippen molar-refractivity contribution in [3.05, 3.63) is 98.2 Å². The van der Waals surface area contributed by atoms with Crippen molar-refractivity contribution in [3.8, 4) is 0 Å². The molecule has 0 fully saturated rings. The molecule has 3 aromatic rings. The molecule has 6 heteroatoms. The number of hydrogen-bond acceptors (Lipinski definition) is 2. The maximum Gasteiger partial charge on any atom is 0.269 e. The van der Waals surface area contributed by atoms with Crippen LogP contribution < -0.4 is 11.2 Å². The van der Waals surface area contributed by atoms with E-state index in [1.165, 1.54) is 12.1 Å². The lowest BCUT2D eigenvalue weighted by molar-refractivity contribution is 0.524. The Hall–Kier alpha value is -2.47. The molecule has 0 saturated heterocycles. The summed E-state index contributed by atoms with van der Waals surface area (Å²) >= 11 is 3.32. The molecule has 0 bridgehead atoms. The van der Waals surface area contributed by atoms with Gasteiger partial charge in [-0.25, -0.2) is 9.38 Å². The molecule has 0 amide bonds. The topological polar surface area (TPSA) is 39.3 Å². The van der Waals surface area contributed by atoms with Crippen LogP contribution in [-0.4, -0.2) is 9.13 Å². The largest absolute Gasteiger partial charge is 0.321 e. The predicted molar refractivity (Wildman–Crippen MR) is 103 cm³/mol. The molecule has 2 aromatic carbocycles. The molecule has 0 spiro atoms. The van der Waals surface area contributed by atoms with Gasteiger partial charge in [-0.1, -0.05) is 42.5 Å². The Kier molecular flexibility index (Phi) is 5.52. The van der Waals surface area contributed by atoms with Crippen LogP contribution in [0, 0.1) is 5.82 Å². The van der Waals surface area contributed by atoms with Crippen molar-refractivity contribution >= 4 is 15.9 Å². The lowest BCUT2D eigenvalue weighted by Crippen LogP contribution is -2.42. The van der Waals surface area contributed by atoms with Crippen LogP contribution in [0.3, 0.4) is 0 Å². The van der Waals surface area contributed by atoms with Gasteiger partial charge in [-0.05, 0) is 46.1 Å². The SMILES string of the molecule is CC(c1ccc(F)cc1)n1c(=O)c(Br)cn(C)c1=NCc1ccccc1. The average molecular weight is 416 g/mol. The zero-order valence-corrected chi connectivity index (χ0v) is 16.1. The number of aryl methyl sites for hydroxylation is 1. The third-order valence-corrected chi connectivity index (χ3v) is 4.79. The molecule has 1 atom stereocenters. The van der Waals surface area contributed by atoms with Gasteiger partial charge in [0.05, 0.1) is 17.1 Å². The number of halogens is 2. The first-order chi connectivity index (χ1) is 12.5. The summed E-state index contributed by atoms with van der Waals surface area (Å²) in [5.74, 6) is -0.304. The molecule has 0 radical (unpaired) electrons. The highest BCUT2D eigenvalue weighted by molar-refractivity contribution is 9.10. The number of benzene rings is 2. The Bertz CT molecular complexity index is 1020. The molecule has 3 rings (SSSR count). The molecular weight excluding hydrogens is 397 g/mol. The summed E-state index contributed by atoms with van der Waals surface area (Å²) in [6, 6.07) is 15.7. The third-order valence-electron chi connectivity index (χ3n) is 4.25. The maximum atomic E-state index is 13.2. The lowest BCUT2D eigenvalue weighted by atomic mass is 10.1. The first-order valence-electron chi connectivity index (χ1n) is 8.25. The number of aromatic nitrogens is 2. The van der Waals surface area contributed by atoms with E-state index in [9.17, 15) is 9.18 Å². The smallest absolute Gasteiger partial charge is 0.269 e. The van der Waals surface area contributed by atoms with Crippen molar-refractivity contribution < 1.29 is 4.39 Å². The second-order valence-electron chi connectivity index (χ2n) is 6.09. The highest BCUT2D eigenvalue weighted by atomic mass is 79.9. The van der Waals surface area contributed by atoms with E-state index in [2.05, 4.69) is 20.9 Å². The molecule has 1 heterocycles. The molecule has 0 aliphatic heterocycles. The van der Waals surface area contributed by atoms with Crippen molar-refractivity contribution in [1.82, 2.24) is 9.13 Å². The van der Waals surface area contributed by atoms with Crippen molar-refractivity contribution in [3.63, 3.8) is 0 Å². The number of rotatable bonds is 4. The van der Waals surface area contributed by atoms with Gasteiger partial charge in [0, 0.05) is 13.2 Å². The molecule has 0 aliphatic rings. The monoisotopic (exact) mass is 415 g/mol. The second-order valence-corrected chi connectivity index (χ2v) is 6.95. The van der Waals surface area contributed by atoms with E-state index in [-0.39, 0.29) is 17.4 Å². The fraction of sp³-hybridized carbons (Fsp3) is 0.200. The summed E-state index contributed by atoms with van der Waals surface area (Å²) < 4.78 is 17.1. The molecule has 134 valence electrons. The molecule has 26 heavy (non-hydrogen) atoms. The van der Waals surface area contributed by atoms with E-state index in [1.807, 2.05) is 48.9 Å². The minimum Gasteiger partial charge on any atom is -0.321 e. The van der Waals surface area contributed by atoms with Crippen LogP contribution in [0.1, 0.15) is 24.1 Å². The standard InChI is InChI=1S/C20H19BrFN3O/c1-14(16-8-10-17(22)11-9-16)25-19(26)18(21)13-24(2)20(25)23-12-15-6-4-3-5-7-15/h3-11,13-14H,12H2,1-2H3. The summed E-state index contributed by atoms with van der Waals surface area (Å²) in [6.07, 6.45) is 1.71. The van der Waals surface area contributed by atoms with Crippen LogP contribution in [0.5, 0.6) is 0 Å². The van der Waals surface area contributed by atoms with E-state index in [0.29, 0.717) is 16.6 Å². The maximum absolute atomic E-state index is 13.2. The minimum atomic E-state index is -0.304. The molecule has 4 nitrogen and oxygen atoms in total. The highest BCUT2D eigenvalue weighted by Crippen LogP contribution is 2.16. The first-order valence-corrected chi connectivity index (χ1v) is 9.04. The van der Waals surface area contributed by atoms with Gasteiger partial charge in [0.2, 0.25) is 5.62 Å². The molecule has 0 N–H and O–H groups in total. The van der Waals surface area contributed by atoms with E-state index in [1.54, 1.807) is 22.9 Å². The fourth-order valence-electron chi connectivity index (χ4n) is 2.83. The highest BCUT2D eigenvalue weighted by Gasteiger charge is 2.15. The minimum absolute atomic E-state index is 0.174. The second kappa shape index (κ2) is 7.83. The van der Waals surface area contributed by atoms with Crippen molar-refractivity contribution in [2.45, 2.75) is 19.5 Å². The van der Waals surface area contributed by atoms with Gasteiger partial charge < -0.3 is 4.57 Å². The van der Waals surface area contributed by atoms with Crippen LogP contribution in [-0.2, 0) is 13.6 Å². The first kappa shape index (κ1) is 18.3. The quantitative estimate of drug-likeness (QED) is 0.638. The van der Waals surface area contributed by atoms with Crippen molar-refractivity contribution in [2.75, 3.05) is 0 Å². The van der Waals surface area contributed by atoms with E-state index >= 15 is 0 Å². The average Bonchev–Trinajstić information content (AvgIpc) is 2.64. The summed E-state index contributed by atoms with van der Waals surface area (Å²) in [7, 11) is 1.85. The Morgan fingerprint density at radius 2 is 1.77 bits per heavy atom. The van der Waals surface area contributed by atoms with E-state index < -0.39 is 0 Å². The van der Waals surface area contributed by atoms with Crippen molar-refractivity contribution in [1.29, 1.82) is 0 Å². The zero-order chi connectivity index (χ0) is 18.7. The Balaban J connectivity index is 2.14. The third kappa shape index (κ3) is 3.85. The normalized spacial score (nSPS) is 13.0. The number of nitrogens with zero attached hydrogens (tertiary/aromatic N) is 3. The fourth-order valence-corrected chi connectivity index (χ4v) is 3.33. The Morgan fingerprint density at radius 3 is 2.42 bits per heavy atom. The van der Waals surface area contributed by atoms with Crippen LogP contribution in [0.4, 0.5) is 4.39 Å². The van der Waals surface area contributed by atoms with Crippen molar-refractivity contribution in [2.24, 2.45) is 12.0 Å². The van der Waals surface area contributed by atoms with Crippen LogP contribution in [0.25, 0.3) is 0 Å². The van der Waals surface area contributed by atoms with Gasteiger partial charge in [-0.3, -0.25) is 9.36 Å². The van der Waals surface area contributed by atoms with Gasteiger partial charge in [-0.2, -0.15) is 0 Å². The van der Waals surface area contributed by atoms with Gasteiger partial charge in [-0.15, -0.1) is 0 Å².